The zero-order chi connectivity index (χ0) is 16.4. The lowest BCUT2D eigenvalue weighted by molar-refractivity contribution is -0.147. The van der Waals surface area contributed by atoms with E-state index in [-0.39, 0.29) is 5.97 Å². The van der Waals surface area contributed by atoms with Crippen molar-refractivity contribution >= 4 is 29.0 Å². The molecule has 1 aliphatic carbocycles. The lowest BCUT2D eigenvalue weighted by Gasteiger charge is -2.33. The summed E-state index contributed by atoms with van der Waals surface area (Å²) in [7, 11) is 0. The van der Waals surface area contributed by atoms with Gasteiger partial charge in [0.05, 0.1) is 5.57 Å². The van der Waals surface area contributed by atoms with Crippen LogP contribution in [0.4, 0.5) is 0 Å². The number of carbonyl (C=O) groups is 1. The maximum atomic E-state index is 12.7. The molecular formula is C21H20O2S. The molecule has 1 aliphatic heterocycles. The van der Waals surface area contributed by atoms with Crippen molar-refractivity contribution in [3.05, 3.63) is 69.9 Å². The summed E-state index contributed by atoms with van der Waals surface area (Å²) in [6.07, 6.45) is 9.54. The number of thiophene rings is 1. The van der Waals surface area contributed by atoms with E-state index in [0.29, 0.717) is 0 Å². The van der Waals surface area contributed by atoms with Gasteiger partial charge in [0.15, 0.2) is 0 Å². The van der Waals surface area contributed by atoms with Crippen molar-refractivity contribution in [3.63, 3.8) is 0 Å². The molecule has 0 radical (unpaired) electrons. The minimum atomic E-state index is -0.417. The Morgan fingerprint density at radius 1 is 0.958 bits per heavy atom. The molecule has 1 spiro atoms. The summed E-state index contributed by atoms with van der Waals surface area (Å²) in [5, 5.41) is 2.01. The first-order valence-corrected chi connectivity index (χ1v) is 9.42. The zero-order valence-corrected chi connectivity index (χ0v) is 14.4. The largest absolute Gasteiger partial charge is 0.451 e. The van der Waals surface area contributed by atoms with Crippen molar-refractivity contribution in [2.45, 2.75) is 37.7 Å². The smallest absolute Gasteiger partial charge is 0.340 e. The van der Waals surface area contributed by atoms with Gasteiger partial charge in [-0.3, -0.25) is 0 Å². The second-order valence-electron chi connectivity index (χ2n) is 6.45. The number of ether oxygens (including phenoxy) is 1. The average Bonchev–Trinajstić information content (AvgIpc) is 3.21. The standard InChI is InChI=1S/C21H20O2S/c22-20-19(18-10-7-15-24-18)17(12-11-16-8-3-1-4-9-16)21(23-20)13-5-2-6-14-21/h1,3-4,7-12,15H,2,5-6,13-14H2/b12-11+. The Morgan fingerprint density at radius 3 is 2.46 bits per heavy atom. The predicted octanol–water partition coefficient (Wildman–Crippen LogP) is 5.47. The van der Waals surface area contributed by atoms with Crippen molar-refractivity contribution in [3.8, 4) is 0 Å². The van der Waals surface area contributed by atoms with E-state index in [1.165, 1.54) is 6.42 Å². The second-order valence-corrected chi connectivity index (χ2v) is 7.40. The number of hydrogen-bond donors (Lipinski definition) is 0. The van der Waals surface area contributed by atoms with E-state index in [1.54, 1.807) is 11.3 Å². The van der Waals surface area contributed by atoms with Gasteiger partial charge in [0.2, 0.25) is 0 Å². The molecule has 2 aromatic rings. The first kappa shape index (κ1) is 15.4. The van der Waals surface area contributed by atoms with Crippen LogP contribution in [0.25, 0.3) is 11.6 Å². The molecule has 0 bridgehead atoms. The molecule has 2 aliphatic rings. The molecule has 2 heterocycles. The lowest BCUT2D eigenvalue weighted by Crippen LogP contribution is -2.34. The average molecular weight is 336 g/mol. The van der Waals surface area contributed by atoms with Crippen LogP contribution in [-0.4, -0.2) is 11.6 Å². The van der Waals surface area contributed by atoms with Crippen molar-refractivity contribution in [1.29, 1.82) is 0 Å². The Hall–Kier alpha value is -2.13. The summed E-state index contributed by atoms with van der Waals surface area (Å²) in [4.78, 5) is 13.7. The molecule has 0 N–H and O–H groups in total. The lowest BCUT2D eigenvalue weighted by atomic mass is 9.78. The van der Waals surface area contributed by atoms with Crippen LogP contribution in [0.2, 0.25) is 0 Å². The molecule has 0 atom stereocenters. The maximum Gasteiger partial charge on any atom is 0.340 e. The van der Waals surface area contributed by atoms with Gasteiger partial charge in [-0.2, -0.15) is 0 Å². The van der Waals surface area contributed by atoms with Gasteiger partial charge in [0, 0.05) is 10.5 Å². The Balaban J connectivity index is 1.80. The molecule has 1 aromatic heterocycles. The van der Waals surface area contributed by atoms with Crippen molar-refractivity contribution in [2.75, 3.05) is 0 Å². The minimum absolute atomic E-state index is 0.160. The fourth-order valence-electron chi connectivity index (χ4n) is 3.75. The van der Waals surface area contributed by atoms with Gasteiger partial charge in [-0.05, 0) is 42.7 Å². The Morgan fingerprint density at radius 2 is 1.75 bits per heavy atom. The summed E-state index contributed by atoms with van der Waals surface area (Å²) >= 11 is 1.60. The summed E-state index contributed by atoms with van der Waals surface area (Å²) in [6, 6.07) is 14.2. The van der Waals surface area contributed by atoms with Gasteiger partial charge < -0.3 is 4.74 Å². The first-order chi connectivity index (χ1) is 11.8. The predicted molar refractivity (Wildman–Crippen MR) is 98.6 cm³/mol. The monoisotopic (exact) mass is 336 g/mol. The maximum absolute atomic E-state index is 12.7. The van der Waals surface area contributed by atoms with Crippen LogP contribution in [0.5, 0.6) is 0 Å². The zero-order valence-electron chi connectivity index (χ0n) is 13.5. The molecule has 0 unspecified atom stereocenters. The van der Waals surface area contributed by atoms with Crippen LogP contribution >= 0.6 is 11.3 Å². The van der Waals surface area contributed by atoms with E-state index in [9.17, 15) is 4.79 Å². The molecular weight excluding hydrogens is 316 g/mol. The summed E-state index contributed by atoms with van der Waals surface area (Å²) < 4.78 is 5.97. The van der Waals surface area contributed by atoms with E-state index in [0.717, 1.165) is 47.3 Å². The third-order valence-electron chi connectivity index (χ3n) is 4.92. The number of hydrogen-bond acceptors (Lipinski definition) is 3. The molecule has 2 nitrogen and oxygen atoms in total. The summed E-state index contributed by atoms with van der Waals surface area (Å²) in [6.45, 7) is 0. The number of benzene rings is 1. The second kappa shape index (κ2) is 6.40. The Labute approximate surface area is 146 Å². The molecule has 0 amide bonds. The van der Waals surface area contributed by atoms with Gasteiger partial charge in [-0.15, -0.1) is 11.3 Å². The van der Waals surface area contributed by atoms with Crippen molar-refractivity contribution < 1.29 is 9.53 Å². The van der Waals surface area contributed by atoms with E-state index >= 15 is 0 Å². The van der Waals surface area contributed by atoms with E-state index in [2.05, 4.69) is 24.3 Å². The van der Waals surface area contributed by atoms with Crippen LogP contribution in [-0.2, 0) is 9.53 Å². The minimum Gasteiger partial charge on any atom is -0.451 e. The van der Waals surface area contributed by atoms with Gasteiger partial charge in [-0.1, -0.05) is 55.0 Å². The number of rotatable bonds is 3. The Bertz CT molecular complexity index is 779. The van der Waals surface area contributed by atoms with Crippen LogP contribution in [0.1, 0.15) is 42.5 Å². The molecule has 1 fully saturated rings. The molecule has 122 valence electrons. The number of esters is 1. The first-order valence-electron chi connectivity index (χ1n) is 8.54. The quantitative estimate of drug-likeness (QED) is 0.694. The molecule has 1 saturated carbocycles. The molecule has 24 heavy (non-hydrogen) atoms. The third-order valence-corrected chi connectivity index (χ3v) is 5.81. The SMILES string of the molecule is O=C1OC2(CCCCC2)C(/C=C/c2ccccc2)=C1c1cccs1. The summed E-state index contributed by atoms with van der Waals surface area (Å²) in [5.41, 5.74) is 2.55. The van der Waals surface area contributed by atoms with Crippen LogP contribution in [0.3, 0.4) is 0 Å². The Kier molecular flexibility index (Phi) is 4.11. The van der Waals surface area contributed by atoms with E-state index < -0.39 is 5.60 Å². The van der Waals surface area contributed by atoms with Crippen LogP contribution in [0.15, 0.2) is 59.5 Å². The van der Waals surface area contributed by atoms with Crippen molar-refractivity contribution in [1.82, 2.24) is 0 Å². The molecule has 1 aromatic carbocycles. The highest BCUT2D eigenvalue weighted by Crippen LogP contribution is 2.47. The van der Waals surface area contributed by atoms with Crippen molar-refractivity contribution in [2.24, 2.45) is 0 Å². The van der Waals surface area contributed by atoms with E-state index in [4.69, 9.17) is 4.74 Å². The highest BCUT2D eigenvalue weighted by atomic mass is 32.1. The van der Waals surface area contributed by atoms with Crippen LogP contribution < -0.4 is 0 Å². The topological polar surface area (TPSA) is 26.3 Å². The molecule has 4 rings (SSSR count). The van der Waals surface area contributed by atoms with Gasteiger partial charge in [0.25, 0.3) is 0 Å². The van der Waals surface area contributed by atoms with E-state index in [1.807, 2.05) is 35.7 Å². The highest BCUT2D eigenvalue weighted by molar-refractivity contribution is 7.11. The van der Waals surface area contributed by atoms with Gasteiger partial charge >= 0.3 is 5.97 Å². The highest BCUT2D eigenvalue weighted by Gasteiger charge is 2.47. The molecule has 3 heteroatoms. The van der Waals surface area contributed by atoms with Gasteiger partial charge in [-0.25, -0.2) is 4.79 Å². The summed E-state index contributed by atoms with van der Waals surface area (Å²) in [5.74, 6) is -0.160. The van der Waals surface area contributed by atoms with Crippen LogP contribution in [0, 0.1) is 0 Å². The van der Waals surface area contributed by atoms with Gasteiger partial charge in [0.1, 0.15) is 5.60 Å². The third kappa shape index (κ3) is 2.73. The number of carbonyl (C=O) groups excluding carboxylic acids is 1. The normalized spacial score (nSPS) is 20.1. The fraction of sp³-hybridized carbons (Fsp3) is 0.286. The fourth-order valence-corrected chi connectivity index (χ4v) is 4.52. The molecule has 0 saturated heterocycles.